The van der Waals surface area contributed by atoms with Gasteiger partial charge >= 0.3 is 0 Å². The summed E-state index contributed by atoms with van der Waals surface area (Å²) in [5.74, 6) is 0.862. The first-order valence-corrected chi connectivity index (χ1v) is 12.8. The van der Waals surface area contributed by atoms with Gasteiger partial charge in [-0.15, -0.1) is 0 Å². The summed E-state index contributed by atoms with van der Waals surface area (Å²) < 4.78 is 0. The van der Waals surface area contributed by atoms with Crippen LogP contribution in [0.3, 0.4) is 0 Å². The molecule has 31 heavy (non-hydrogen) atoms. The second-order valence-corrected chi connectivity index (χ2v) is 9.83. The number of carbonyl (C=O) groups is 1. The Morgan fingerprint density at radius 1 is 0.839 bits per heavy atom. The number of rotatable bonds is 12. The summed E-state index contributed by atoms with van der Waals surface area (Å²) >= 11 is 0. The molecular formula is C30H42O. The molecule has 1 heteroatoms. The van der Waals surface area contributed by atoms with Gasteiger partial charge in [-0.2, -0.15) is 0 Å². The lowest BCUT2D eigenvalue weighted by molar-refractivity contribution is 0.0934. The van der Waals surface area contributed by atoms with Crippen molar-refractivity contribution < 1.29 is 4.79 Å². The van der Waals surface area contributed by atoms with Crippen molar-refractivity contribution >= 4 is 5.78 Å². The zero-order valence-electron chi connectivity index (χ0n) is 19.9. The minimum absolute atomic E-state index is 0.320. The first-order valence-electron chi connectivity index (χ1n) is 12.8. The second kappa shape index (κ2) is 12.2. The second-order valence-electron chi connectivity index (χ2n) is 9.83. The molecule has 168 valence electrons. The third-order valence-electron chi connectivity index (χ3n) is 7.53. The van der Waals surface area contributed by atoms with E-state index in [-0.39, 0.29) is 0 Å². The van der Waals surface area contributed by atoms with Crippen LogP contribution in [0.2, 0.25) is 0 Å². The van der Waals surface area contributed by atoms with Gasteiger partial charge in [0, 0.05) is 12.0 Å². The van der Waals surface area contributed by atoms with E-state index in [0.717, 1.165) is 5.56 Å². The molecule has 0 bridgehead atoms. The minimum atomic E-state index is 0.320. The lowest BCUT2D eigenvalue weighted by Crippen LogP contribution is -2.32. The standard InChI is InChI=1S/C30H42O/c1-3-5-8-12-25-15-17-28(18-16-25)30(21-11-6-4-2)22-19-26(20-23-30)24-29(31)27-13-9-7-10-14-27/h7,9-10,13-18,26H,3-6,8,11-12,19-24H2,1-2H3/t26-,30+. The SMILES string of the molecule is CCCCCc1ccc([C@]2(CCCCC)CC[C@H](CC(=O)c3ccccc3)CC2)cc1. The summed E-state index contributed by atoms with van der Waals surface area (Å²) in [4.78, 5) is 12.7. The van der Waals surface area contributed by atoms with Gasteiger partial charge in [0.05, 0.1) is 0 Å². The molecule has 0 amide bonds. The predicted octanol–water partition coefficient (Wildman–Crippen LogP) is 8.70. The van der Waals surface area contributed by atoms with Gasteiger partial charge in [0.1, 0.15) is 0 Å². The van der Waals surface area contributed by atoms with Crippen LogP contribution in [0.5, 0.6) is 0 Å². The van der Waals surface area contributed by atoms with Crippen molar-refractivity contribution in [1.29, 1.82) is 0 Å². The summed E-state index contributed by atoms with van der Waals surface area (Å²) in [5.41, 5.74) is 4.24. The fourth-order valence-corrected chi connectivity index (χ4v) is 5.44. The zero-order chi connectivity index (χ0) is 21.9. The highest BCUT2D eigenvalue weighted by molar-refractivity contribution is 5.96. The first-order chi connectivity index (χ1) is 15.2. The number of hydrogen-bond acceptors (Lipinski definition) is 1. The first kappa shape index (κ1) is 23.8. The molecule has 1 saturated carbocycles. The van der Waals surface area contributed by atoms with Crippen molar-refractivity contribution in [2.75, 3.05) is 0 Å². The van der Waals surface area contributed by atoms with Gasteiger partial charge in [0.15, 0.2) is 5.78 Å². The largest absolute Gasteiger partial charge is 0.294 e. The van der Waals surface area contributed by atoms with E-state index in [9.17, 15) is 4.79 Å². The highest BCUT2D eigenvalue weighted by Crippen LogP contribution is 2.46. The molecule has 0 spiro atoms. The fourth-order valence-electron chi connectivity index (χ4n) is 5.44. The van der Waals surface area contributed by atoms with E-state index in [1.54, 1.807) is 5.56 Å². The van der Waals surface area contributed by atoms with E-state index in [4.69, 9.17) is 0 Å². The van der Waals surface area contributed by atoms with Gasteiger partial charge in [-0.05, 0) is 67.4 Å². The third kappa shape index (κ3) is 6.79. The Kier molecular flexibility index (Phi) is 9.37. The van der Waals surface area contributed by atoms with E-state index >= 15 is 0 Å². The van der Waals surface area contributed by atoms with Crippen LogP contribution in [-0.2, 0) is 11.8 Å². The zero-order valence-corrected chi connectivity index (χ0v) is 19.9. The summed E-state index contributed by atoms with van der Waals surface area (Å²) in [6.45, 7) is 4.57. The molecule has 1 aliphatic carbocycles. The van der Waals surface area contributed by atoms with Crippen LogP contribution in [-0.4, -0.2) is 5.78 Å². The number of ketones is 1. The highest BCUT2D eigenvalue weighted by atomic mass is 16.1. The normalized spacial score (nSPS) is 21.2. The van der Waals surface area contributed by atoms with Crippen molar-refractivity contribution in [2.45, 2.75) is 103 Å². The third-order valence-corrected chi connectivity index (χ3v) is 7.53. The minimum Gasteiger partial charge on any atom is -0.294 e. The maximum Gasteiger partial charge on any atom is 0.163 e. The van der Waals surface area contributed by atoms with Crippen molar-refractivity contribution in [3.8, 4) is 0 Å². The van der Waals surface area contributed by atoms with Gasteiger partial charge < -0.3 is 0 Å². The number of benzene rings is 2. The van der Waals surface area contributed by atoms with Crippen LogP contribution in [0.25, 0.3) is 0 Å². The van der Waals surface area contributed by atoms with Crippen LogP contribution in [0.4, 0.5) is 0 Å². The van der Waals surface area contributed by atoms with Gasteiger partial charge in [-0.3, -0.25) is 4.79 Å². The van der Waals surface area contributed by atoms with E-state index in [1.807, 2.05) is 30.3 Å². The molecule has 0 aliphatic heterocycles. The molecule has 0 aromatic heterocycles. The molecule has 3 rings (SSSR count). The Morgan fingerprint density at radius 2 is 1.48 bits per heavy atom. The molecule has 0 heterocycles. The average molecular weight is 419 g/mol. The van der Waals surface area contributed by atoms with Crippen molar-refractivity contribution in [1.82, 2.24) is 0 Å². The predicted molar refractivity (Wildman–Crippen MR) is 133 cm³/mol. The van der Waals surface area contributed by atoms with Crippen LogP contribution in [0, 0.1) is 5.92 Å². The molecule has 0 radical (unpaired) electrons. The Balaban J connectivity index is 1.64. The van der Waals surface area contributed by atoms with Gasteiger partial charge in [-0.25, -0.2) is 0 Å². The van der Waals surface area contributed by atoms with E-state index in [0.29, 0.717) is 23.5 Å². The molecule has 1 aliphatic rings. The van der Waals surface area contributed by atoms with Crippen LogP contribution in [0.1, 0.15) is 112 Å². The summed E-state index contributed by atoms with van der Waals surface area (Å²) in [6, 6.07) is 19.5. The van der Waals surface area contributed by atoms with Crippen LogP contribution in [0.15, 0.2) is 54.6 Å². The molecule has 2 aromatic carbocycles. The van der Waals surface area contributed by atoms with Gasteiger partial charge in [0.2, 0.25) is 0 Å². The molecule has 1 nitrogen and oxygen atoms in total. The Hall–Kier alpha value is -1.89. The van der Waals surface area contributed by atoms with E-state index in [2.05, 4.69) is 38.1 Å². The maximum absolute atomic E-state index is 12.7. The lowest BCUT2D eigenvalue weighted by Gasteiger charge is -2.41. The Labute approximate surface area is 190 Å². The summed E-state index contributed by atoms with van der Waals surface area (Å²) in [7, 11) is 0. The number of Topliss-reactive ketones (excluding diaryl/α,β-unsaturated/α-hetero) is 1. The molecule has 2 aromatic rings. The summed E-state index contributed by atoms with van der Waals surface area (Å²) in [5, 5.41) is 0. The Morgan fingerprint density at radius 3 is 2.13 bits per heavy atom. The van der Waals surface area contributed by atoms with Crippen LogP contribution < -0.4 is 0 Å². The smallest absolute Gasteiger partial charge is 0.163 e. The molecular weight excluding hydrogens is 376 g/mol. The topological polar surface area (TPSA) is 17.1 Å². The number of carbonyl (C=O) groups excluding carboxylic acids is 1. The maximum atomic E-state index is 12.7. The van der Waals surface area contributed by atoms with E-state index in [1.165, 1.54) is 82.6 Å². The molecule has 0 N–H and O–H groups in total. The molecule has 1 fully saturated rings. The van der Waals surface area contributed by atoms with Crippen molar-refractivity contribution in [2.24, 2.45) is 5.92 Å². The van der Waals surface area contributed by atoms with Gasteiger partial charge in [0.25, 0.3) is 0 Å². The van der Waals surface area contributed by atoms with Crippen molar-refractivity contribution in [3.63, 3.8) is 0 Å². The van der Waals surface area contributed by atoms with Gasteiger partial charge in [-0.1, -0.05) is 101 Å². The number of unbranched alkanes of at least 4 members (excludes halogenated alkanes) is 4. The lowest BCUT2D eigenvalue weighted by atomic mass is 9.63. The molecule has 0 unspecified atom stereocenters. The monoisotopic (exact) mass is 418 g/mol. The number of hydrogen-bond donors (Lipinski definition) is 0. The molecule has 0 atom stereocenters. The number of aryl methyl sites for hydroxylation is 1. The highest BCUT2D eigenvalue weighted by Gasteiger charge is 2.36. The molecule has 0 saturated heterocycles. The summed E-state index contributed by atoms with van der Waals surface area (Å²) in [6.07, 6.45) is 15.9. The van der Waals surface area contributed by atoms with E-state index < -0.39 is 0 Å². The van der Waals surface area contributed by atoms with Crippen molar-refractivity contribution in [3.05, 3.63) is 71.3 Å². The average Bonchev–Trinajstić information content (AvgIpc) is 2.82. The Bertz CT molecular complexity index is 766. The quantitative estimate of drug-likeness (QED) is 0.249. The fraction of sp³-hybridized carbons (Fsp3) is 0.567. The van der Waals surface area contributed by atoms with Crippen LogP contribution >= 0.6 is 0 Å².